The molecule has 1 aromatic carbocycles. The topological polar surface area (TPSA) is 69.9 Å². The molecule has 6 heteroatoms. The molecule has 0 atom stereocenters. The van der Waals surface area contributed by atoms with Crippen LogP contribution in [0.3, 0.4) is 0 Å². The maximum atomic E-state index is 11.2. The van der Waals surface area contributed by atoms with Gasteiger partial charge >= 0.3 is 5.69 Å². The second-order valence-corrected chi connectivity index (χ2v) is 5.48. The fourth-order valence-electron chi connectivity index (χ4n) is 2.26. The van der Waals surface area contributed by atoms with E-state index in [9.17, 15) is 4.79 Å². The van der Waals surface area contributed by atoms with Crippen LogP contribution in [0.1, 0.15) is 12.8 Å². The van der Waals surface area contributed by atoms with Gasteiger partial charge in [0, 0.05) is 17.6 Å². The predicted octanol–water partition coefficient (Wildman–Crippen LogP) is 2.21. The number of imidazole rings is 1. The van der Waals surface area contributed by atoms with Gasteiger partial charge in [-0.05, 0) is 40.9 Å². The van der Waals surface area contributed by atoms with Crippen LogP contribution in [0.2, 0.25) is 0 Å². The third kappa shape index (κ3) is 2.06. The largest absolute Gasteiger partial charge is 0.381 e. The monoisotopic (exact) mass is 311 g/mol. The van der Waals surface area contributed by atoms with Crippen molar-refractivity contribution < 1.29 is 4.74 Å². The Labute approximate surface area is 112 Å². The quantitative estimate of drug-likeness (QED) is 0.814. The highest BCUT2D eigenvalue weighted by molar-refractivity contribution is 9.10. The third-order valence-electron chi connectivity index (χ3n) is 3.39. The molecule has 1 aliphatic carbocycles. The minimum atomic E-state index is -0.183. The molecule has 0 bridgehead atoms. The van der Waals surface area contributed by atoms with E-state index in [0.717, 1.165) is 34.0 Å². The molecule has 1 fully saturated rings. The highest BCUT2D eigenvalue weighted by atomic mass is 79.9. The van der Waals surface area contributed by atoms with E-state index in [0.29, 0.717) is 12.1 Å². The van der Waals surface area contributed by atoms with E-state index >= 15 is 0 Å². The first-order valence-corrected chi connectivity index (χ1v) is 6.66. The Morgan fingerprint density at radius 3 is 2.67 bits per heavy atom. The molecule has 2 aromatic rings. The smallest absolute Gasteiger partial charge is 0.323 e. The van der Waals surface area contributed by atoms with Crippen molar-refractivity contribution in [1.29, 1.82) is 0 Å². The molecule has 5 nitrogen and oxygen atoms in total. The van der Waals surface area contributed by atoms with Crippen molar-refractivity contribution in [3.8, 4) is 0 Å². The van der Waals surface area contributed by atoms with E-state index < -0.39 is 0 Å². The number of fused-ring (bicyclic) bond motifs is 1. The number of rotatable bonds is 3. The zero-order valence-corrected chi connectivity index (χ0v) is 11.5. The molecular formula is C12H14BrN3O2. The Morgan fingerprint density at radius 2 is 2.00 bits per heavy atom. The van der Waals surface area contributed by atoms with Gasteiger partial charge in [0.05, 0.1) is 22.8 Å². The normalized spacial score (nSPS) is 23.0. The highest BCUT2D eigenvalue weighted by Gasteiger charge is 2.29. The van der Waals surface area contributed by atoms with Crippen LogP contribution in [-0.2, 0) is 4.74 Å². The van der Waals surface area contributed by atoms with Crippen molar-refractivity contribution in [2.75, 3.05) is 12.4 Å². The number of hydrogen-bond donors (Lipinski definition) is 3. The molecule has 1 heterocycles. The Morgan fingerprint density at radius 1 is 1.33 bits per heavy atom. The molecule has 18 heavy (non-hydrogen) atoms. The zero-order valence-electron chi connectivity index (χ0n) is 9.92. The number of H-pyrrole nitrogens is 2. The summed E-state index contributed by atoms with van der Waals surface area (Å²) in [7, 11) is 1.74. The molecule has 0 saturated heterocycles. The number of aromatic nitrogens is 2. The molecule has 96 valence electrons. The third-order valence-corrected chi connectivity index (χ3v) is 4.05. The number of ether oxygens (including phenoxy) is 1. The lowest BCUT2D eigenvalue weighted by Crippen LogP contribution is -2.40. The summed E-state index contributed by atoms with van der Waals surface area (Å²) in [5, 5.41) is 3.45. The molecule has 1 aromatic heterocycles. The Balaban J connectivity index is 1.83. The van der Waals surface area contributed by atoms with E-state index in [2.05, 4.69) is 31.2 Å². The molecule has 0 amide bonds. The molecular weight excluding hydrogens is 298 g/mol. The average Bonchev–Trinajstić information content (AvgIpc) is 2.62. The first kappa shape index (κ1) is 11.8. The fourth-order valence-corrected chi connectivity index (χ4v) is 2.72. The summed E-state index contributed by atoms with van der Waals surface area (Å²) in [5.41, 5.74) is 2.43. The van der Waals surface area contributed by atoms with Crippen molar-refractivity contribution in [2.24, 2.45) is 0 Å². The fraction of sp³-hybridized carbons (Fsp3) is 0.417. The van der Waals surface area contributed by atoms with Crippen molar-refractivity contribution in [3.05, 3.63) is 27.1 Å². The number of halogens is 1. The first-order chi connectivity index (χ1) is 8.65. The van der Waals surface area contributed by atoms with Gasteiger partial charge in [-0.15, -0.1) is 0 Å². The lowest BCUT2D eigenvalue weighted by Gasteiger charge is -2.35. The summed E-state index contributed by atoms with van der Waals surface area (Å²) in [6.45, 7) is 0. The molecule has 0 radical (unpaired) electrons. The van der Waals surface area contributed by atoms with Gasteiger partial charge in [-0.2, -0.15) is 0 Å². The number of methoxy groups -OCH3 is 1. The van der Waals surface area contributed by atoms with Gasteiger partial charge < -0.3 is 20.0 Å². The summed E-state index contributed by atoms with van der Waals surface area (Å²) >= 11 is 3.51. The van der Waals surface area contributed by atoms with E-state index in [-0.39, 0.29) is 5.69 Å². The van der Waals surface area contributed by atoms with Gasteiger partial charge in [0.15, 0.2) is 0 Å². The first-order valence-electron chi connectivity index (χ1n) is 5.86. The van der Waals surface area contributed by atoms with Gasteiger partial charge in [0.25, 0.3) is 0 Å². The minimum Gasteiger partial charge on any atom is -0.381 e. The lowest BCUT2D eigenvalue weighted by atomic mass is 9.89. The van der Waals surface area contributed by atoms with Gasteiger partial charge in [-0.3, -0.25) is 0 Å². The Kier molecular flexibility index (Phi) is 2.91. The van der Waals surface area contributed by atoms with E-state index in [1.165, 1.54) is 0 Å². The van der Waals surface area contributed by atoms with Crippen molar-refractivity contribution in [2.45, 2.75) is 25.0 Å². The van der Waals surface area contributed by atoms with Gasteiger partial charge in [-0.25, -0.2) is 4.79 Å². The summed E-state index contributed by atoms with van der Waals surface area (Å²) in [5.74, 6) is 0. The zero-order chi connectivity index (χ0) is 12.7. The van der Waals surface area contributed by atoms with Crippen LogP contribution in [0.5, 0.6) is 0 Å². The van der Waals surface area contributed by atoms with Crippen LogP contribution in [0.25, 0.3) is 11.0 Å². The molecule has 3 rings (SSSR count). The number of aromatic amines is 2. The van der Waals surface area contributed by atoms with Crippen molar-refractivity contribution >= 4 is 32.7 Å². The molecule has 0 spiro atoms. The maximum Gasteiger partial charge on any atom is 0.323 e. The summed E-state index contributed by atoms with van der Waals surface area (Å²) in [6.07, 6.45) is 2.41. The van der Waals surface area contributed by atoms with Crippen LogP contribution in [0.15, 0.2) is 21.4 Å². The maximum absolute atomic E-state index is 11.2. The average molecular weight is 312 g/mol. The van der Waals surface area contributed by atoms with E-state index in [1.54, 1.807) is 7.11 Å². The lowest BCUT2D eigenvalue weighted by molar-refractivity contribution is 0.0328. The number of nitrogens with one attached hydrogen (secondary N) is 3. The predicted molar refractivity (Wildman–Crippen MR) is 74.1 cm³/mol. The van der Waals surface area contributed by atoms with Crippen LogP contribution >= 0.6 is 15.9 Å². The molecule has 1 aliphatic rings. The van der Waals surface area contributed by atoms with E-state index in [1.807, 2.05) is 12.1 Å². The standard InChI is InChI=1S/C12H14BrN3O2/c1-18-7-2-6(3-7)14-9-5-11-10(4-8(9)13)15-12(17)16-11/h4-7,14H,2-3H2,1H3,(H2,15,16,17). The number of anilines is 1. The van der Waals surface area contributed by atoms with E-state index in [4.69, 9.17) is 4.74 Å². The van der Waals surface area contributed by atoms with Gasteiger partial charge in [0.2, 0.25) is 0 Å². The summed E-state index contributed by atoms with van der Waals surface area (Å²) < 4.78 is 6.20. The molecule has 3 N–H and O–H groups in total. The second kappa shape index (κ2) is 4.44. The summed E-state index contributed by atoms with van der Waals surface area (Å²) in [6, 6.07) is 4.29. The Bertz CT molecular complexity index is 628. The second-order valence-electron chi connectivity index (χ2n) is 4.63. The van der Waals surface area contributed by atoms with Crippen molar-refractivity contribution in [3.63, 3.8) is 0 Å². The van der Waals surface area contributed by atoms with Crippen LogP contribution in [0.4, 0.5) is 5.69 Å². The van der Waals surface area contributed by atoms with Gasteiger partial charge in [0.1, 0.15) is 0 Å². The highest BCUT2D eigenvalue weighted by Crippen LogP contribution is 2.31. The Hall–Kier alpha value is -1.27. The molecule has 0 aliphatic heterocycles. The van der Waals surface area contributed by atoms with Crippen LogP contribution in [-0.4, -0.2) is 29.2 Å². The van der Waals surface area contributed by atoms with Gasteiger partial charge in [-0.1, -0.05) is 0 Å². The number of hydrogen-bond acceptors (Lipinski definition) is 3. The number of benzene rings is 1. The minimum absolute atomic E-state index is 0.183. The SMILES string of the molecule is COC1CC(Nc2cc3[nH]c(=O)[nH]c3cc2Br)C1. The summed E-state index contributed by atoms with van der Waals surface area (Å²) in [4.78, 5) is 16.7. The molecule has 0 unspecified atom stereocenters. The van der Waals surface area contributed by atoms with Crippen LogP contribution in [0, 0.1) is 0 Å². The van der Waals surface area contributed by atoms with Crippen molar-refractivity contribution in [1.82, 2.24) is 9.97 Å². The van der Waals surface area contributed by atoms with Crippen LogP contribution < -0.4 is 11.0 Å². The molecule has 1 saturated carbocycles.